The molecule has 0 fully saturated rings. The number of nitriles is 1. The van der Waals surface area contributed by atoms with Crippen molar-refractivity contribution in [1.82, 2.24) is 9.55 Å². The first-order valence-electron chi connectivity index (χ1n) is 6.32. The van der Waals surface area contributed by atoms with Crippen LogP contribution in [0.5, 0.6) is 0 Å². The van der Waals surface area contributed by atoms with Gasteiger partial charge < -0.3 is 0 Å². The molecule has 0 saturated heterocycles. The average molecular weight is 286 g/mol. The molecular weight excluding hydrogens is 270 g/mol. The van der Waals surface area contributed by atoms with Crippen LogP contribution in [0.15, 0.2) is 43.0 Å². The first kappa shape index (κ1) is 14.4. The zero-order chi connectivity index (χ0) is 14.8. The van der Waals surface area contributed by atoms with E-state index in [9.17, 15) is 5.26 Å². The van der Waals surface area contributed by atoms with Crippen molar-refractivity contribution in [3.63, 3.8) is 0 Å². The molecule has 0 spiro atoms. The van der Waals surface area contributed by atoms with Crippen LogP contribution in [0.1, 0.15) is 26.3 Å². The van der Waals surface area contributed by atoms with Gasteiger partial charge in [0.2, 0.25) is 0 Å². The second-order valence-electron chi connectivity index (χ2n) is 5.56. The van der Waals surface area contributed by atoms with Crippen molar-refractivity contribution < 1.29 is 0 Å². The zero-order valence-electron chi connectivity index (χ0n) is 11.8. The van der Waals surface area contributed by atoms with E-state index in [-0.39, 0.29) is 5.41 Å². The molecule has 0 bridgehead atoms. The van der Waals surface area contributed by atoms with Crippen LogP contribution in [-0.2, 0) is 0 Å². The molecule has 1 aromatic carbocycles. The second kappa shape index (κ2) is 5.52. The number of nitrogens with zero attached hydrogens (tertiary/aromatic N) is 3. The molecule has 0 aliphatic carbocycles. The molecule has 0 unspecified atom stereocenters. The smallest absolute Gasteiger partial charge is 0.129 e. The maximum atomic E-state index is 9.56. The standard InChI is InChI=1S/C16H16ClN3/c1-16(2,3)15(12-4-6-13(17)7-5-12)14(10-18)20-9-8-19-11-20/h4-9,11H,1-3H3/b15-14-. The van der Waals surface area contributed by atoms with Crippen molar-refractivity contribution in [2.24, 2.45) is 5.41 Å². The summed E-state index contributed by atoms with van der Waals surface area (Å²) in [7, 11) is 0. The van der Waals surface area contributed by atoms with Gasteiger partial charge in [0.05, 0.1) is 6.33 Å². The average Bonchev–Trinajstić information content (AvgIpc) is 2.89. The number of aromatic nitrogens is 2. The van der Waals surface area contributed by atoms with Crippen LogP contribution in [0.3, 0.4) is 0 Å². The maximum Gasteiger partial charge on any atom is 0.129 e. The van der Waals surface area contributed by atoms with E-state index in [0.29, 0.717) is 10.7 Å². The minimum Gasteiger partial charge on any atom is -0.297 e. The van der Waals surface area contributed by atoms with Crippen molar-refractivity contribution in [2.45, 2.75) is 20.8 Å². The van der Waals surface area contributed by atoms with Crippen LogP contribution < -0.4 is 0 Å². The molecule has 2 aromatic rings. The molecule has 0 aliphatic heterocycles. The fourth-order valence-electron chi connectivity index (χ4n) is 2.18. The fraction of sp³-hybridized carbons (Fsp3) is 0.250. The largest absolute Gasteiger partial charge is 0.297 e. The van der Waals surface area contributed by atoms with Gasteiger partial charge in [0.25, 0.3) is 0 Å². The van der Waals surface area contributed by atoms with Gasteiger partial charge in [-0.25, -0.2) is 4.98 Å². The fourth-order valence-corrected chi connectivity index (χ4v) is 2.30. The lowest BCUT2D eigenvalue weighted by atomic mass is 9.81. The summed E-state index contributed by atoms with van der Waals surface area (Å²) < 4.78 is 1.75. The highest BCUT2D eigenvalue weighted by Gasteiger charge is 2.24. The van der Waals surface area contributed by atoms with Gasteiger partial charge in [-0.05, 0) is 28.7 Å². The Morgan fingerprint density at radius 2 is 1.90 bits per heavy atom. The highest BCUT2D eigenvalue weighted by Crippen LogP contribution is 2.38. The lowest BCUT2D eigenvalue weighted by molar-refractivity contribution is 0.566. The topological polar surface area (TPSA) is 41.6 Å². The number of allylic oxidation sites excluding steroid dienone is 2. The normalized spacial score (nSPS) is 12.8. The molecule has 0 aliphatic rings. The molecule has 0 amide bonds. The van der Waals surface area contributed by atoms with E-state index in [1.54, 1.807) is 23.3 Å². The van der Waals surface area contributed by atoms with Crippen LogP contribution in [-0.4, -0.2) is 9.55 Å². The van der Waals surface area contributed by atoms with Gasteiger partial charge in [-0.1, -0.05) is 44.5 Å². The minimum atomic E-state index is -0.177. The van der Waals surface area contributed by atoms with Crippen molar-refractivity contribution in [3.8, 4) is 6.07 Å². The van der Waals surface area contributed by atoms with Gasteiger partial charge in [0.15, 0.2) is 0 Å². The Bertz CT molecular complexity index is 653. The maximum absolute atomic E-state index is 9.56. The summed E-state index contributed by atoms with van der Waals surface area (Å²) in [4.78, 5) is 4.02. The molecule has 1 heterocycles. The van der Waals surface area contributed by atoms with Crippen LogP contribution >= 0.6 is 11.6 Å². The lowest BCUT2D eigenvalue weighted by Gasteiger charge is -2.25. The Kier molecular flexibility index (Phi) is 3.96. The van der Waals surface area contributed by atoms with Gasteiger partial charge >= 0.3 is 0 Å². The summed E-state index contributed by atoms with van der Waals surface area (Å²) in [6.07, 6.45) is 5.08. The van der Waals surface area contributed by atoms with Crippen molar-refractivity contribution in [3.05, 3.63) is 53.6 Å². The molecule has 1 aromatic heterocycles. The highest BCUT2D eigenvalue weighted by atomic mass is 35.5. The van der Waals surface area contributed by atoms with Crippen LogP contribution in [0.4, 0.5) is 0 Å². The second-order valence-corrected chi connectivity index (χ2v) is 6.00. The van der Waals surface area contributed by atoms with Gasteiger partial charge in [0, 0.05) is 17.4 Å². The van der Waals surface area contributed by atoms with Gasteiger partial charge in [-0.3, -0.25) is 4.57 Å². The highest BCUT2D eigenvalue weighted by molar-refractivity contribution is 6.30. The van der Waals surface area contributed by atoms with Gasteiger partial charge in [-0.15, -0.1) is 0 Å². The third-order valence-corrected chi connectivity index (χ3v) is 3.24. The first-order valence-corrected chi connectivity index (χ1v) is 6.70. The van der Waals surface area contributed by atoms with Crippen LogP contribution in [0, 0.1) is 16.7 Å². The molecule has 4 heteroatoms. The van der Waals surface area contributed by atoms with E-state index in [1.165, 1.54) is 0 Å². The molecule has 3 nitrogen and oxygen atoms in total. The zero-order valence-corrected chi connectivity index (χ0v) is 12.5. The quantitative estimate of drug-likeness (QED) is 0.764. The molecule has 2 rings (SSSR count). The van der Waals surface area contributed by atoms with E-state index in [4.69, 9.17) is 11.6 Å². The number of benzene rings is 1. The van der Waals surface area contributed by atoms with E-state index in [1.807, 2.05) is 24.3 Å². The summed E-state index contributed by atoms with van der Waals surface area (Å²) in [5.74, 6) is 0. The lowest BCUT2D eigenvalue weighted by Crippen LogP contribution is -2.12. The Labute approximate surface area is 124 Å². The SMILES string of the molecule is CC(C)(C)/C(=C(/C#N)n1ccnc1)c1ccc(Cl)cc1. The molecule has 20 heavy (non-hydrogen) atoms. The van der Waals surface area contributed by atoms with Crippen molar-refractivity contribution in [2.75, 3.05) is 0 Å². The van der Waals surface area contributed by atoms with E-state index < -0.39 is 0 Å². The van der Waals surface area contributed by atoms with Crippen molar-refractivity contribution >= 4 is 22.9 Å². The molecule has 0 atom stereocenters. The van der Waals surface area contributed by atoms with Crippen LogP contribution in [0.2, 0.25) is 5.02 Å². The van der Waals surface area contributed by atoms with E-state index in [2.05, 4.69) is 31.8 Å². The number of halogens is 1. The Morgan fingerprint density at radius 3 is 2.35 bits per heavy atom. The molecule has 0 saturated carbocycles. The predicted molar refractivity (Wildman–Crippen MR) is 81.9 cm³/mol. The first-order chi connectivity index (χ1) is 9.43. The molecule has 0 radical (unpaired) electrons. The number of hydrogen-bond acceptors (Lipinski definition) is 2. The molecule has 102 valence electrons. The van der Waals surface area contributed by atoms with E-state index in [0.717, 1.165) is 11.1 Å². The van der Waals surface area contributed by atoms with Crippen molar-refractivity contribution in [1.29, 1.82) is 5.26 Å². The summed E-state index contributed by atoms with van der Waals surface area (Å²) in [5.41, 5.74) is 2.36. The molecule has 0 N–H and O–H groups in total. The summed E-state index contributed by atoms with van der Waals surface area (Å²) in [6.45, 7) is 6.27. The minimum absolute atomic E-state index is 0.177. The summed E-state index contributed by atoms with van der Waals surface area (Å²) >= 11 is 5.95. The van der Waals surface area contributed by atoms with Crippen LogP contribution in [0.25, 0.3) is 11.3 Å². The third kappa shape index (κ3) is 2.92. The Morgan fingerprint density at radius 1 is 1.25 bits per heavy atom. The number of rotatable bonds is 2. The summed E-state index contributed by atoms with van der Waals surface area (Å²) in [6, 6.07) is 9.85. The third-order valence-electron chi connectivity index (χ3n) is 2.99. The van der Waals surface area contributed by atoms with Gasteiger partial charge in [-0.2, -0.15) is 5.26 Å². The van der Waals surface area contributed by atoms with E-state index >= 15 is 0 Å². The Balaban J connectivity index is 2.70. The number of hydrogen-bond donors (Lipinski definition) is 0. The monoisotopic (exact) mass is 285 g/mol. The summed E-state index contributed by atoms with van der Waals surface area (Å²) in [5, 5.41) is 10.2. The molecular formula is C16H16ClN3. The Hall–Kier alpha value is -2.05. The van der Waals surface area contributed by atoms with Gasteiger partial charge in [0.1, 0.15) is 11.8 Å². The number of imidazole rings is 1. The predicted octanol–water partition coefficient (Wildman–Crippen LogP) is 4.47.